The fraction of sp³-hybridized carbons (Fsp3) is 0.300. The minimum absolute atomic E-state index is 0. The van der Waals surface area contributed by atoms with Gasteiger partial charge in [0.15, 0.2) is 0 Å². The first kappa shape index (κ1) is 18.4. The standard InChI is InChI=1S/C20H21N3O2.ClH/c24-19-18(14-22-12-4-5-13-22)21-20(25)23(19)17-10-8-16(9-11-17)15-6-2-1-3-7-15;/h1-3,6-11,18H,4-5,12-14H2,(H,21,25);1H. The summed E-state index contributed by atoms with van der Waals surface area (Å²) in [5.41, 5.74) is 2.79. The molecule has 0 aliphatic carbocycles. The fourth-order valence-electron chi connectivity index (χ4n) is 3.56. The highest BCUT2D eigenvalue weighted by molar-refractivity contribution is 6.21. The Labute approximate surface area is 159 Å². The van der Waals surface area contributed by atoms with Crippen LogP contribution >= 0.6 is 12.4 Å². The lowest BCUT2D eigenvalue weighted by Gasteiger charge is -2.18. The zero-order valence-electron chi connectivity index (χ0n) is 14.4. The summed E-state index contributed by atoms with van der Waals surface area (Å²) in [4.78, 5) is 28.5. The minimum atomic E-state index is -0.445. The minimum Gasteiger partial charge on any atom is -0.324 e. The largest absolute Gasteiger partial charge is 0.329 e. The van der Waals surface area contributed by atoms with E-state index in [0.717, 1.165) is 24.2 Å². The average Bonchev–Trinajstić information content (AvgIpc) is 3.25. The first-order chi connectivity index (χ1) is 12.2. The maximum atomic E-state index is 12.7. The van der Waals surface area contributed by atoms with Crippen molar-refractivity contribution in [1.29, 1.82) is 0 Å². The summed E-state index contributed by atoms with van der Waals surface area (Å²) >= 11 is 0. The number of hydrogen-bond acceptors (Lipinski definition) is 3. The number of hydrogen-bond donors (Lipinski definition) is 1. The van der Waals surface area contributed by atoms with Gasteiger partial charge in [0, 0.05) is 6.54 Å². The van der Waals surface area contributed by atoms with E-state index in [0.29, 0.717) is 12.2 Å². The highest BCUT2D eigenvalue weighted by atomic mass is 35.5. The van der Waals surface area contributed by atoms with E-state index >= 15 is 0 Å². The van der Waals surface area contributed by atoms with Gasteiger partial charge >= 0.3 is 6.03 Å². The van der Waals surface area contributed by atoms with Gasteiger partial charge in [-0.2, -0.15) is 0 Å². The number of nitrogens with zero attached hydrogens (tertiary/aromatic N) is 2. The molecule has 0 saturated carbocycles. The van der Waals surface area contributed by atoms with Gasteiger partial charge in [0.2, 0.25) is 0 Å². The van der Waals surface area contributed by atoms with E-state index in [2.05, 4.69) is 10.2 Å². The zero-order chi connectivity index (χ0) is 17.2. The van der Waals surface area contributed by atoms with Crippen molar-refractivity contribution in [3.8, 4) is 11.1 Å². The molecule has 0 aromatic heterocycles. The summed E-state index contributed by atoms with van der Waals surface area (Å²) in [5, 5.41) is 2.82. The number of urea groups is 1. The summed E-state index contributed by atoms with van der Waals surface area (Å²) in [7, 11) is 0. The highest BCUT2D eigenvalue weighted by Crippen LogP contribution is 2.25. The second kappa shape index (κ2) is 7.89. The number of carbonyl (C=O) groups excluding carboxylic acids is 2. The molecule has 1 atom stereocenters. The van der Waals surface area contributed by atoms with Crippen LogP contribution in [0.4, 0.5) is 10.5 Å². The predicted molar refractivity (Wildman–Crippen MR) is 105 cm³/mol. The predicted octanol–water partition coefficient (Wildman–Crippen LogP) is 3.30. The molecule has 0 bridgehead atoms. The Hall–Kier alpha value is -2.37. The van der Waals surface area contributed by atoms with Crippen LogP contribution in [0.5, 0.6) is 0 Å². The van der Waals surface area contributed by atoms with E-state index in [9.17, 15) is 9.59 Å². The molecule has 4 rings (SSSR count). The van der Waals surface area contributed by atoms with E-state index in [4.69, 9.17) is 0 Å². The lowest BCUT2D eigenvalue weighted by atomic mass is 10.1. The third kappa shape index (κ3) is 3.59. The lowest BCUT2D eigenvalue weighted by molar-refractivity contribution is -0.118. The third-order valence-electron chi connectivity index (χ3n) is 4.89. The van der Waals surface area contributed by atoms with E-state index in [-0.39, 0.29) is 24.3 Å². The van der Waals surface area contributed by atoms with Gasteiger partial charge in [0.25, 0.3) is 5.91 Å². The van der Waals surface area contributed by atoms with Gasteiger partial charge in [-0.25, -0.2) is 9.69 Å². The van der Waals surface area contributed by atoms with Crippen molar-refractivity contribution in [3.63, 3.8) is 0 Å². The summed E-state index contributed by atoms with van der Waals surface area (Å²) < 4.78 is 0. The normalized spacial score (nSPS) is 20.2. The molecule has 1 N–H and O–H groups in total. The number of imide groups is 1. The molecule has 1 unspecified atom stereocenters. The van der Waals surface area contributed by atoms with Gasteiger partial charge in [-0.15, -0.1) is 12.4 Å². The van der Waals surface area contributed by atoms with Crippen LogP contribution in [-0.4, -0.2) is 42.5 Å². The summed E-state index contributed by atoms with van der Waals surface area (Å²) in [5.74, 6) is -0.163. The van der Waals surface area contributed by atoms with E-state index in [1.165, 1.54) is 17.7 Å². The van der Waals surface area contributed by atoms with Gasteiger partial charge in [0.05, 0.1) is 5.69 Å². The molecular weight excluding hydrogens is 350 g/mol. The molecular formula is C20H22ClN3O2. The maximum absolute atomic E-state index is 12.7. The van der Waals surface area contributed by atoms with Gasteiger partial charge < -0.3 is 10.2 Å². The van der Waals surface area contributed by atoms with Gasteiger partial charge in [-0.3, -0.25) is 4.79 Å². The zero-order valence-corrected chi connectivity index (χ0v) is 15.2. The average molecular weight is 372 g/mol. The van der Waals surface area contributed by atoms with Crippen molar-refractivity contribution < 1.29 is 9.59 Å². The van der Waals surface area contributed by atoms with Crippen LogP contribution in [0.3, 0.4) is 0 Å². The van der Waals surface area contributed by atoms with E-state index in [1.54, 1.807) is 0 Å². The van der Waals surface area contributed by atoms with Gasteiger partial charge in [0.1, 0.15) is 6.04 Å². The topological polar surface area (TPSA) is 52.7 Å². The van der Waals surface area contributed by atoms with Crippen molar-refractivity contribution >= 4 is 30.0 Å². The molecule has 136 valence electrons. The maximum Gasteiger partial charge on any atom is 0.329 e. The lowest BCUT2D eigenvalue weighted by Crippen LogP contribution is -2.41. The molecule has 2 heterocycles. The van der Waals surface area contributed by atoms with E-state index in [1.807, 2.05) is 54.6 Å². The first-order valence-electron chi connectivity index (χ1n) is 8.75. The van der Waals surface area contributed by atoms with Crippen LogP contribution in [0.15, 0.2) is 54.6 Å². The number of anilines is 1. The van der Waals surface area contributed by atoms with Gasteiger partial charge in [-0.1, -0.05) is 42.5 Å². The van der Waals surface area contributed by atoms with Crippen LogP contribution in [0.2, 0.25) is 0 Å². The van der Waals surface area contributed by atoms with Crippen LogP contribution in [-0.2, 0) is 4.79 Å². The third-order valence-corrected chi connectivity index (χ3v) is 4.89. The number of amides is 3. The Kier molecular flexibility index (Phi) is 5.59. The molecule has 5 nitrogen and oxygen atoms in total. The van der Waals surface area contributed by atoms with Crippen molar-refractivity contribution in [2.24, 2.45) is 0 Å². The Bertz CT molecular complexity index is 773. The Morgan fingerprint density at radius 2 is 1.50 bits per heavy atom. The second-order valence-electron chi connectivity index (χ2n) is 6.60. The Morgan fingerprint density at radius 1 is 0.885 bits per heavy atom. The van der Waals surface area contributed by atoms with Crippen molar-refractivity contribution in [3.05, 3.63) is 54.6 Å². The summed E-state index contributed by atoms with van der Waals surface area (Å²) in [6.07, 6.45) is 2.33. The molecule has 0 radical (unpaired) electrons. The molecule has 2 aliphatic rings. The number of likely N-dealkylation sites (tertiary alicyclic amines) is 1. The Balaban J connectivity index is 0.00000196. The molecule has 2 aromatic rings. The molecule has 26 heavy (non-hydrogen) atoms. The highest BCUT2D eigenvalue weighted by Gasteiger charge is 2.39. The summed E-state index contributed by atoms with van der Waals surface area (Å²) in [6, 6.07) is 16.8. The SMILES string of the molecule is Cl.O=C1NC(CN2CCCC2)C(=O)N1c1ccc(-c2ccccc2)cc1. The second-order valence-corrected chi connectivity index (χ2v) is 6.60. The number of nitrogens with one attached hydrogen (secondary N) is 1. The molecule has 2 saturated heterocycles. The monoisotopic (exact) mass is 371 g/mol. The molecule has 2 fully saturated rings. The molecule has 2 aliphatic heterocycles. The van der Waals surface area contributed by atoms with Crippen molar-refractivity contribution in [2.75, 3.05) is 24.5 Å². The number of halogens is 1. The van der Waals surface area contributed by atoms with Crippen molar-refractivity contribution in [2.45, 2.75) is 18.9 Å². The summed E-state index contributed by atoms with van der Waals surface area (Å²) in [6.45, 7) is 2.61. The van der Waals surface area contributed by atoms with Gasteiger partial charge in [-0.05, 0) is 49.2 Å². The first-order valence-corrected chi connectivity index (χ1v) is 8.75. The molecule has 6 heteroatoms. The van der Waals surface area contributed by atoms with Crippen molar-refractivity contribution in [1.82, 2.24) is 10.2 Å². The molecule has 2 aromatic carbocycles. The smallest absolute Gasteiger partial charge is 0.324 e. The van der Waals surface area contributed by atoms with E-state index < -0.39 is 6.04 Å². The van der Waals surface area contributed by atoms with Crippen LogP contribution in [0.25, 0.3) is 11.1 Å². The van der Waals surface area contributed by atoms with Crippen LogP contribution < -0.4 is 10.2 Å². The molecule has 3 amide bonds. The molecule has 0 spiro atoms. The Morgan fingerprint density at radius 3 is 2.15 bits per heavy atom. The number of rotatable bonds is 4. The number of benzene rings is 2. The van der Waals surface area contributed by atoms with Crippen LogP contribution in [0.1, 0.15) is 12.8 Å². The fourth-order valence-corrected chi connectivity index (χ4v) is 3.56. The number of carbonyl (C=O) groups is 2. The quantitative estimate of drug-likeness (QED) is 0.839. The van der Waals surface area contributed by atoms with Crippen LogP contribution in [0, 0.1) is 0 Å².